The minimum atomic E-state index is -0.446. The van der Waals surface area contributed by atoms with Crippen molar-refractivity contribution in [3.8, 4) is 22.6 Å². The first-order valence-corrected chi connectivity index (χ1v) is 13.5. The monoisotopic (exact) mass is 506 g/mol. The molecule has 1 aliphatic rings. The Morgan fingerprint density at radius 2 is 1.23 bits per heavy atom. The number of carbonyl (C=O) groups excluding carboxylic acids is 1. The molecule has 1 unspecified atom stereocenters. The predicted octanol–water partition coefficient (Wildman–Crippen LogP) is 7.21. The first-order valence-electron chi connectivity index (χ1n) is 13.5. The van der Waals surface area contributed by atoms with Crippen LogP contribution >= 0.6 is 0 Å². The SMILES string of the molecule is Bc1ccc2c(c1)C(c1ccc(Oc3ccc(C=O)cc3)cc1)(c1ccc(C(C)(C)C)cc1)c1ccccc1-2. The van der Waals surface area contributed by atoms with Crippen LogP contribution in [-0.2, 0) is 10.8 Å². The fourth-order valence-corrected chi connectivity index (χ4v) is 5.93. The Morgan fingerprint density at radius 3 is 1.85 bits per heavy atom. The van der Waals surface area contributed by atoms with Crippen LogP contribution in [0.15, 0.2) is 115 Å². The van der Waals surface area contributed by atoms with Crippen molar-refractivity contribution in [3.05, 3.63) is 149 Å². The molecule has 1 aliphatic carbocycles. The first kappa shape index (κ1) is 24.9. The van der Waals surface area contributed by atoms with Crippen molar-refractivity contribution in [1.82, 2.24) is 0 Å². The quantitative estimate of drug-likeness (QED) is 0.182. The Bertz CT molecular complexity index is 1660. The maximum atomic E-state index is 11.0. The molecule has 190 valence electrons. The lowest BCUT2D eigenvalue weighted by Gasteiger charge is -2.34. The van der Waals surface area contributed by atoms with E-state index in [1.54, 1.807) is 12.1 Å². The summed E-state index contributed by atoms with van der Waals surface area (Å²) >= 11 is 0. The summed E-state index contributed by atoms with van der Waals surface area (Å²) in [6.07, 6.45) is 0.838. The Hall–Kier alpha value is -4.37. The van der Waals surface area contributed by atoms with Crippen molar-refractivity contribution in [2.75, 3.05) is 0 Å². The molecule has 0 saturated carbocycles. The van der Waals surface area contributed by atoms with Gasteiger partial charge in [-0.1, -0.05) is 105 Å². The summed E-state index contributed by atoms with van der Waals surface area (Å²) in [6.45, 7) is 6.77. The number of hydrogen-bond acceptors (Lipinski definition) is 2. The van der Waals surface area contributed by atoms with Gasteiger partial charge in [-0.25, -0.2) is 0 Å². The molecule has 0 N–H and O–H groups in total. The van der Waals surface area contributed by atoms with Crippen LogP contribution in [0.1, 0.15) is 58.9 Å². The molecule has 0 fully saturated rings. The maximum Gasteiger partial charge on any atom is 0.150 e. The van der Waals surface area contributed by atoms with Crippen molar-refractivity contribution < 1.29 is 9.53 Å². The van der Waals surface area contributed by atoms with Gasteiger partial charge in [-0.2, -0.15) is 0 Å². The smallest absolute Gasteiger partial charge is 0.150 e. The summed E-state index contributed by atoms with van der Waals surface area (Å²) in [6, 6.07) is 40.5. The largest absolute Gasteiger partial charge is 0.457 e. The molecule has 0 amide bonds. The van der Waals surface area contributed by atoms with Gasteiger partial charge < -0.3 is 4.74 Å². The van der Waals surface area contributed by atoms with Gasteiger partial charge in [0.1, 0.15) is 25.6 Å². The Balaban J connectivity index is 1.53. The average Bonchev–Trinajstić information content (AvgIpc) is 3.24. The lowest BCUT2D eigenvalue weighted by atomic mass is 9.66. The van der Waals surface area contributed by atoms with E-state index < -0.39 is 5.41 Å². The zero-order chi connectivity index (χ0) is 27.2. The lowest BCUT2D eigenvalue weighted by molar-refractivity contribution is 0.112. The van der Waals surface area contributed by atoms with Crippen LogP contribution in [0.4, 0.5) is 0 Å². The molecule has 5 aromatic carbocycles. The molecule has 0 heterocycles. The highest BCUT2D eigenvalue weighted by atomic mass is 16.5. The molecule has 0 aromatic heterocycles. The van der Waals surface area contributed by atoms with E-state index in [-0.39, 0.29) is 5.41 Å². The molecular formula is C36H31BO2. The van der Waals surface area contributed by atoms with Gasteiger partial charge >= 0.3 is 0 Å². The van der Waals surface area contributed by atoms with Crippen molar-refractivity contribution in [3.63, 3.8) is 0 Å². The summed E-state index contributed by atoms with van der Waals surface area (Å²) in [5.74, 6) is 1.46. The van der Waals surface area contributed by atoms with Crippen molar-refractivity contribution in [2.45, 2.75) is 31.6 Å². The lowest BCUT2D eigenvalue weighted by Crippen LogP contribution is -2.29. The number of ether oxygens (including phenoxy) is 1. The van der Waals surface area contributed by atoms with E-state index in [4.69, 9.17) is 4.74 Å². The predicted molar refractivity (Wildman–Crippen MR) is 163 cm³/mol. The van der Waals surface area contributed by atoms with E-state index in [1.807, 2.05) is 24.3 Å². The number of hydrogen-bond donors (Lipinski definition) is 0. The third-order valence-corrected chi connectivity index (χ3v) is 7.92. The summed E-state index contributed by atoms with van der Waals surface area (Å²) in [7, 11) is 2.17. The zero-order valence-corrected chi connectivity index (χ0v) is 22.9. The number of aldehydes is 1. The standard InChI is InChI=1S/C36H31BO2/c1-35(2,3)25-10-12-26(13-11-25)36(33-7-5-4-6-31(33)32-21-16-28(37)22-34(32)36)27-14-19-30(20-15-27)39-29-17-8-24(23-38)9-18-29/h4-23H,37H2,1-3H3. The third kappa shape index (κ3) is 4.19. The zero-order valence-electron chi connectivity index (χ0n) is 22.9. The summed E-state index contributed by atoms with van der Waals surface area (Å²) < 4.78 is 6.13. The third-order valence-electron chi connectivity index (χ3n) is 7.92. The molecule has 5 aromatic rings. The molecule has 0 spiro atoms. The van der Waals surface area contributed by atoms with Gasteiger partial charge in [0, 0.05) is 5.56 Å². The van der Waals surface area contributed by atoms with Crippen molar-refractivity contribution in [1.29, 1.82) is 0 Å². The van der Waals surface area contributed by atoms with E-state index in [0.717, 1.165) is 12.0 Å². The Kier molecular flexibility index (Phi) is 6.03. The molecule has 0 bridgehead atoms. The van der Waals surface area contributed by atoms with Gasteiger partial charge in [-0.05, 0) is 80.8 Å². The molecule has 1 atom stereocenters. The van der Waals surface area contributed by atoms with Gasteiger partial charge in [0.2, 0.25) is 0 Å². The normalized spacial score (nSPS) is 15.9. The molecule has 39 heavy (non-hydrogen) atoms. The van der Waals surface area contributed by atoms with Crippen molar-refractivity contribution >= 4 is 19.6 Å². The summed E-state index contributed by atoms with van der Waals surface area (Å²) in [5, 5.41) is 0. The highest BCUT2D eigenvalue weighted by Gasteiger charge is 2.46. The summed E-state index contributed by atoms with van der Waals surface area (Å²) in [5.41, 5.74) is 10.5. The van der Waals surface area contributed by atoms with Crippen LogP contribution in [0.2, 0.25) is 0 Å². The fourth-order valence-electron chi connectivity index (χ4n) is 5.93. The summed E-state index contributed by atoms with van der Waals surface area (Å²) in [4.78, 5) is 11.0. The number of fused-ring (bicyclic) bond motifs is 3. The highest BCUT2D eigenvalue weighted by Crippen LogP contribution is 2.56. The van der Waals surface area contributed by atoms with Gasteiger partial charge in [0.25, 0.3) is 0 Å². The molecule has 3 heteroatoms. The van der Waals surface area contributed by atoms with Crippen molar-refractivity contribution in [2.24, 2.45) is 0 Å². The number of carbonyl (C=O) groups is 1. The minimum absolute atomic E-state index is 0.0800. The van der Waals surface area contributed by atoms with Crippen LogP contribution in [0.25, 0.3) is 11.1 Å². The number of benzene rings is 5. The van der Waals surface area contributed by atoms with Crippen LogP contribution in [0.3, 0.4) is 0 Å². The second kappa shape index (κ2) is 9.43. The highest BCUT2D eigenvalue weighted by molar-refractivity contribution is 6.32. The maximum absolute atomic E-state index is 11.0. The molecule has 0 aliphatic heterocycles. The average molecular weight is 506 g/mol. The van der Waals surface area contributed by atoms with Crippen LogP contribution in [0.5, 0.6) is 11.5 Å². The second-order valence-corrected chi connectivity index (χ2v) is 11.5. The Morgan fingerprint density at radius 1 is 0.667 bits per heavy atom. The minimum Gasteiger partial charge on any atom is -0.457 e. The van der Waals surface area contributed by atoms with Gasteiger partial charge in [-0.15, -0.1) is 0 Å². The van der Waals surface area contributed by atoms with Gasteiger partial charge in [-0.3, -0.25) is 4.79 Å². The van der Waals surface area contributed by atoms with E-state index in [1.165, 1.54) is 44.4 Å². The van der Waals surface area contributed by atoms with Crippen LogP contribution in [0, 0.1) is 0 Å². The fraction of sp³-hybridized carbons (Fsp3) is 0.139. The van der Waals surface area contributed by atoms with E-state index >= 15 is 0 Å². The van der Waals surface area contributed by atoms with Crippen LogP contribution < -0.4 is 10.2 Å². The molecular weight excluding hydrogens is 475 g/mol. The topological polar surface area (TPSA) is 26.3 Å². The molecule has 6 rings (SSSR count). The van der Waals surface area contributed by atoms with Gasteiger partial charge in [0.15, 0.2) is 0 Å². The molecule has 2 nitrogen and oxygen atoms in total. The Labute approximate surface area is 231 Å². The van der Waals surface area contributed by atoms with Crippen LogP contribution in [-0.4, -0.2) is 14.1 Å². The molecule has 0 radical (unpaired) electrons. The first-order chi connectivity index (χ1) is 18.8. The number of rotatable bonds is 5. The second-order valence-electron chi connectivity index (χ2n) is 11.5. The van der Waals surface area contributed by atoms with Gasteiger partial charge in [0.05, 0.1) is 5.41 Å². The molecule has 0 saturated heterocycles. The van der Waals surface area contributed by atoms with E-state index in [0.29, 0.717) is 11.3 Å². The van der Waals surface area contributed by atoms with E-state index in [9.17, 15) is 4.79 Å². The van der Waals surface area contributed by atoms with E-state index in [2.05, 4.69) is 107 Å².